The van der Waals surface area contributed by atoms with Gasteiger partial charge in [0, 0.05) is 21.1 Å². The molecule has 0 aromatic heterocycles. The van der Waals surface area contributed by atoms with E-state index in [4.69, 9.17) is 0 Å². The van der Waals surface area contributed by atoms with Crippen molar-refractivity contribution in [3.8, 4) is 0 Å². The Morgan fingerprint density at radius 2 is 1.70 bits per heavy atom. The van der Waals surface area contributed by atoms with E-state index in [-0.39, 0.29) is 12.5 Å². The summed E-state index contributed by atoms with van der Waals surface area (Å²) in [5.74, 6) is -0.220. The Balaban J connectivity index is 1.98. The number of benzene rings is 2. The van der Waals surface area contributed by atoms with Gasteiger partial charge in [-0.3, -0.25) is 4.79 Å². The van der Waals surface area contributed by atoms with E-state index in [1.54, 1.807) is 12.1 Å². The van der Waals surface area contributed by atoms with Crippen LogP contribution in [0.2, 0.25) is 0 Å². The highest BCUT2D eigenvalue weighted by molar-refractivity contribution is 9.11. The number of rotatable bonds is 4. The fraction of sp³-hybridized carbons (Fsp3) is 0.133. The van der Waals surface area contributed by atoms with Crippen molar-refractivity contribution >= 4 is 37.8 Å². The Morgan fingerprint density at radius 1 is 1.10 bits per heavy atom. The number of hydrogen-bond donors (Lipinski definition) is 2. The highest BCUT2D eigenvalue weighted by Crippen LogP contribution is 2.20. The molecular weight excluding hydrogens is 386 g/mol. The van der Waals surface area contributed by atoms with Crippen LogP contribution in [0.4, 0.5) is 0 Å². The minimum absolute atomic E-state index is 0.174. The zero-order valence-electron chi connectivity index (χ0n) is 10.5. The zero-order valence-corrected chi connectivity index (χ0v) is 13.7. The number of halogens is 2. The first kappa shape index (κ1) is 15.2. The Bertz CT molecular complexity index is 582. The second-order valence-corrected chi connectivity index (χ2v) is 6.13. The van der Waals surface area contributed by atoms with Crippen molar-refractivity contribution in [3.63, 3.8) is 0 Å². The van der Waals surface area contributed by atoms with Crippen LogP contribution in [-0.4, -0.2) is 17.6 Å². The number of aliphatic hydroxyl groups excluding tert-OH is 1. The molecule has 104 valence electrons. The van der Waals surface area contributed by atoms with E-state index in [9.17, 15) is 9.90 Å². The molecule has 0 bridgehead atoms. The third kappa shape index (κ3) is 4.16. The van der Waals surface area contributed by atoms with Crippen LogP contribution in [0.5, 0.6) is 0 Å². The SMILES string of the molecule is O=C(NCC(O)c1ccccc1)c1cc(Br)cc(Br)c1. The fourth-order valence-corrected chi connectivity index (χ4v) is 3.06. The lowest BCUT2D eigenvalue weighted by Gasteiger charge is -2.12. The summed E-state index contributed by atoms with van der Waals surface area (Å²) in [6.45, 7) is 0.174. The number of amides is 1. The Morgan fingerprint density at radius 3 is 2.30 bits per heavy atom. The quantitative estimate of drug-likeness (QED) is 0.825. The lowest BCUT2D eigenvalue weighted by molar-refractivity contribution is 0.0916. The molecule has 3 nitrogen and oxygen atoms in total. The largest absolute Gasteiger partial charge is 0.387 e. The van der Waals surface area contributed by atoms with Crippen LogP contribution in [0, 0.1) is 0 Å². The van der Waals surface area contributed by atoms with Crippen molar-refractivity contribution < 1.29 is 9.90 Å². The molecule has 1 amide bonds. The van der Waals surface area contributed by atoms with E-state index in [0.29, 0.717) is 5.56 Å². The number of hydrogen-bond acceptors (Lipinski definition) is 2. The molecule has 2 N–H and O–H groups in total. The number of aliphatic hydroxyl groups is 1. The molecular formula is C15H13Br2NO2. The molecule has 2 aromatic carbocycles. The lowest BCUT2D eigenvalue weighted by Crippen LogP contribution is -2.28. The zero-order chi connectivity index (χ0) is 14.5. The van der Waals surface area contributed by atoms with Gasteiger partial charge in [0.05, 0.1) is 6.10 Å². The summed E-state index contributed by atoms with van der Waals surface area (Å²) >= 11 is 6.68. The van der Waals surface area contributed by atoms with Gasteiger partial charge in [0.1, 0.15) is 0 Å². The monoisotopic (exact) mass is 397 g/mol. The molecule has 0 aliphatic heterocycles. The van der Waals surface area contributed by atoms with Crippen LogP contribution < -0.4 is 5.32 Å². The van der Waals surface area contributed by atoms with Crippen LogP contribution in [0.3, 0.4) is 0 Å². The summed E-state index contributed by atoms with van der Waals surface area (Å²) in [7, 11) is 0. The molecule has 0 radical (unpaired) electrons. The summed E-state index contributed by atoms with van der Waals surface area (Å²) in [4.78, 5) is 12.0. The molecule has 0 spiro atoms. The maximum Gasteiger partial charge on any atom is 0.251 e. The maximum atomic E-state index is 12.0. The lowest BCUT2D eigenvalue weighted by atomic mass is 10.1. The molecule has 1 unspecified atom stereocenters. The molecule has 0 aliphatic rings. The first-order valence-corrected chi connectivity index (χ1v) is 7.62. The Hall–Kier alpha value is -1.17. The third-order valence-corrected chi connectivity index (χ3v) is 3.68. The number of nitrogens with one attached hydrogen (secondary N) is 1. The van der Waals surface area contributed by atoms with Crippen LogP contribution in [0.25, 0.3) is 0 Å². The summed E-state index contributed by atoms with van der Waals surface area (Å²) in [6, 6.07) is 14.6. The molecule has 0 aliphatic carbocycles. The molecule has 0 fully saturated rings. The smallest absolute Gasteiger partial charge is 0.251 e. The number of carbonyl (C=O) groups is 1. The van der Waals surface area contributed by atoms with E-state index in [2.05, 4.69) is 37.2 Å². The first-order valence-electron chi connectivity index (χ1n) is 6.03. The van der Waals surface area contributed by atoms with Crippen molar-refractivity contribution in [1.29, 1.82) is 0 Å². The summed E-state index contributed by atoms with van der Waals surface area (Å²) in [5.41, 5.74) is 1.31. The standard InChI is InChI=1S/C15H13Br2NO2/c16-12-6-11(7-13(17)8-12)15(20)18-9-14(19)10-4-2-1-3-5-10/h1-8,14,19H,9H2,(H,18,20). The van der Waals surface area contributed by atoms with Crippen molar-refractivity contribution in [2.75, 3.05) is 6.54 Å². The fourth-order valence-electron chi connectivity index (χ4n) is 1.77. The van der Waals surface area contributed by atoms with E-state index in [1.165, 1.54) is 0 Å². The van der Waals surface area contributed by atoms with E-state index >= 15 is 0 Å². The van der Waals surface area contributed by atoms with Crippen molar-refractivity contribution in [1.82, 2.24) is 5.32 Å². The second-order valence-electron chi connectivity index (χ2n) is 4.29. The van der Waals surface area contributed by atoms with Gasteiger partial charge in [0.15, 0.2) is 0 Å². The van der Waals surface area contributed by atoms with Gasteiger partial charge in [-0.1, -0.05) is 62.2 Å². The molecule has 0 saturated heterocycles. The highest BCUT2D eigenvalue weighted by atomic mass is 79.9. The molecule has 1 atom stereocenters. The maximum absolute atomic E-state index is 12.0. The van der Waals surface area contributed by atoms with E-state index < -0.39 is 6.10 Å². The normalized spacial score (nSPS) is 11.9. The molecule has 2 aromatic rings. The van der Waals surface area contributed by atoms with Gasteiger partial charge in [-0.15, -0.1) is 0 Å². The molecule has 0 heterocycles. The second kappa shape index (κ2) is 7.02. The van der Waals surface area contributed by atoms with Crippen molar-refractivity contribution in [2.24, 2.45) is 0 Å². The van der Waals surface area contributed by atoms with Gasteiger partial charge < -0.3 is 10.4 Å². The molecule has 2 rings (SSSR count). The molecule has 5 heteroatoms. The summed E-state index contributed by atoms with van der Waals surface area (Å²) in [6.07, 6.45) is -0.712. The Labute approximate surface area is 134 Å². The summed E-state index contributed by atoms with van der Waals surface area (Å²) < 4.78 is 1.64. The highest BCUT2D eigenvalue weighted by Gasteiger charge is 2.11. The van der Waals surface area contributed by atoms with Gasteiger partial charge in [-0.2, -0.15) is 0 Å². The van der Waals surface area contributed by atoms with Gasteiger partial charge in [-0.05, 0) is 23.8 Å². The average Bonchev–Trinajstić information content (AvgIpc) is 2.44. The minimum Gasteiger partial charge on any atom is -0.387 e. The summed E-state index contributed by atoms with van der Waals surface area (Å²) in [5, 5.41) is 12.7. The first-order chi connectivity index (χ1) is 9.56. The van der Waals surface area contributed by atoms with Gasteiger partial charge >= 0.3 is 0 Å². The van der Waals surface area contributed by atoms with Gasteiger partial charge in [0.2, 0.25) is 0 Å². The number of carbonyl (C=O) groups excluding carboxylic acids is 1. The van der Waals surface area contributed by atoms with Crippen LogP contribution >= 0.6 is 31.9 Å². The molecule has 0 saturated carbocycles. The molecule has 20 heavy (non-hydrogen) atoms. The predicted octanol–water partition coefficient (Wildman–Crippen LogP) is 3.68. The predicted molar refractivity (Wildman–Crippen MR) is 85.6 cm³/mol. The Kier molecular flexibility index (Phi) is 5.34. The van der Waals surface area contributed by atoms with Crippen LogP contribution in [0.1, 0.15) is 22.0 Å². The van der Waals surface area contributed by atoms with Gasteiger partial charge in [0.25, 0.3) is 5.91 Å². The van der Waals surface area contributed by atoms with E-state index in [1.807, 2.05) is 36.4 Å². The van der Waals surface area contributed by atoms with Crippen molar-refractivity contribution in [3.05, 3.63) is 68.6 Å². The third-order valence-electron chi connectivity index (χ3n) is 2.77. The van der Waals surface area contributed by atoms with Crippen LogP contribution in [-0.2, 0) is 0 Å². The van der Waals surface area contributed by atoms with E-state index in [0.717, 1.165) is 14.5 Å². The van der Waals surface area contributed by atoms with Gasteiger partial charge in [-0.25, -0.2) is 0 Å². The minimum atomic E-state index is -0.712. The van der Waals surface area contributed by atoms with Crippen molar-refractivity contribution in [2.45, 2.75) is 6.10 Å². The van der Waals surface area contributed by atoms with Crippen LogP contribution in [0.15, 0.2) is 57.5 Å². The topological polar surface area (TPSA) is 49.3 Å². The average molecular weight is 399 g/mol.